The number of hydrogen-bond donors (Lipinski definition) is 0. The summed E-state index contributed by atoms with van der Waals surface area (Å²) in [6.45, 7) is 8.88. The highest BCUT2D eigenvalue weighted by atomic mass is 16.2. The average Bonchev–Trinajstić information content (AvgIpc) is 2.38. The molecule has 0 spiro atoms. The van der Waals surface area contributed by atoms with Gasteiger partial charge in [0.1, 0.15) is 0 Å². The molecule has 1 amide bonds. The van der Waals surface area contributed by atoms with Crippen LogP contribution in [-0.2, 0) is 11.2 Å². The Hall–Kier alpha value is -1.35. The molecule has 1 heterocycles. The third-order valence-electron chi connectivity index (χ3n) is 4.05. The molecule has 0 aliphatic carbocycles. The van der Waals surface area contributed by atoms with Crippen LogP contribution in [0, 0.1) is 0 Å². The number of rotatable bonds is 3. The minimum absolute atomic E-state index is 0.196. The fraction of sp³-hybridized carbons (Fsp3) is 0.562. The second kappa shape index (κ2) is 6.20. The smallest absolute Gasteiger partial charge is 0.219 e. The van der Waals surface area contributed by atoms with E-state index in [0.29, 0.717) is 12.1 Å². The summed E-state index contributed by atoms with van der Waals surface area (Å²) in [6.07, 6.45) is 1.08. The second-order valence-electron chi connectivity index (χ2n) is 5.60. The minimum Gasteiger partial charge on any atom is -0.340 e. The van der Waals surface area contributed by atoms with Gasteiger partial charge in [0, 0.05) is 38.6 Å². The maximum atomic E-state index is 11.5. The number of piperazine rings is 1. The Bertz CT molecular complexity index is 406. The van der Waals surface area contributed by atoms with E-state index in [9.17, 15) is 4.79 Å². The van der Waals surface area contributed by atoms with Gasteiger partial charge in [-0.25, -0.2) is 0 Å². The van der Waals surface area contributed by atoms with E-state index in [1.807, 2.05) is 4.90 Å². The van der Waals surface area contributed by atoms with Gasteiger partial charge in [0.15, 0.2) is 0 Å². The van der Waals surface area contributed by atoms with Crippen molar-refractivity contribution in [1.82, 2.24) is 9.80 Å². The quantitative estimate of drug-likeness (QED) is 0.831. The van der Waals surface area contributed by atoms with Crippen molar-refractivity contribution in [2.75, 3.05) is 19.6 Å². The van der Waals surface area contributed by atoms with E-state index in [1.165, 1.54) is 5.56 Å². The maximum Gasteiger partial charge on any atom is 0.219 e. The summed E-state index contributed by atoms with van der Waals surface area (Å²) >= 11 is 0. The molecule has 3 nitrogen and oxygen atoms in total. The van der Waals surface area contributed by atoms with Gasteiger partial charge >= 0.3 is 0 Å². The van der Waals surface area contributed by atoms with Crippen LogP contribution < -0.4 is 0 Å². The van der Waals surface area contributed by atoms with E-state index in [-0.39, 0.29) is 5.91 Å². The molecule has 19 heavy (non-hydrogen) atoms. The van der Waals surface area contributed by atoms with Crippen LogP contribution in [0.1, 0.15) is 26.3 Å². The molecular weight excluding hydrogens is 236 g/mol. The molecule has 2 rings (SSSR count). The first-order chi connectivity index (χ1) is 9.08. The Kier molecular flexibility index (Phi) is 4.59. The van der Waals surface area contributed by atoms with Crippen LogP contribution in [0.25, 0.3) is 0 Å². The summed E-state index contributed by atoms with van der Waals surface area (Å²) in [4.78, 5) is 16.0. The van der Waals surface area contributed by atoms with Crippen LogP contribution in [0.2, 0.25) is 0 Å². The Morgan fingerprint density at radius 1 is 1.16 bits per heavy atom. The maximum absolute atomic E-state index is 11.5. The van der Waals surface area contributed by atoms with Crippen LogP contribution in [0.5, 0.6) is 0 Å². The van der Waals surface area contributed by atoms with Crippen molar-refractivity contribution in [2.24, 2.45) is 0 Å². The van der Waals surface area contributed by atoms with E-state index >= 15 is 0 Å². The molecule has 0 N–H and O–H groups in total. The van der Waals surface area contributed by atoms with E-state index in [2.05, 4.69) is 49.1 Å². The molecular formula is C16H24N2O. The topological polar surface area (TPSA) is 23.6 Å². The van der Waals surface area contributed by atoms with Crippen molar-refractivity contribution in [3.8, 4) is 0 Å². The molecule has 3 heteroatoms. The van der Waals surface area contributed by atoms with E-state index < -0.39 is 0 Å². The zero-order chi connectivity index (χ0) is 13.8. The molecule has 104 valence electrons. The SMILES string of the molecule is CC(=O)N1CC(C)N(CCc2ccccc2)C(C)C1. The number of hydrogen-bond acceptors (Lipinski definition) is 2. The molecule has 1 fully saturated rings. The molecule has 0 radical (unpaired) electrons. The van der Waals surface area contributed by atoms with Crippen molar-refractivity contribution >= 4 is 5.91 Å². The van der Waals surface area contributed by atoms with Crippen molar-refractivity contribution in [2.45, 2.75) is 39.3 Å². The molecule has 0 saturated carbocycles. The molecule has 1 aromatic carbocycles. The van der Waals surface area contributed by atoms with Gasteiger partial charge in [-0.1, -0.05) is 30.3 Å². The number of nitrogens with zero attached hydrogens (tertiary/aromatic N) is 2. The van der Waals surface area contributed by atoms with Crippen molar-refractivity contribution in [1.29, 1.82) is 0 Å². The van der Waals surface area contributed by atoms with Gasteiger partial charge in [0.2, 0.25) is 5.91 Å². The van der Waals surface area contributed by atoms with Crippen LogP contribution >= 0.6 is 0 Å². The monoisotopic (exact) mass is 260 g/mol. The van der Waals surface area contributed by atoms with Crippen molar-refractivity contribution in [3.63, 3.8) is 0 Å². The van der Waals surface area contributed by atoms with Gasteiger partial charge in [-0.15, -0.1) is 0 Å². The van der Waals surface area contributed by atoms with Gasteiger partial charge in [-0.3, -0.25) is 9.69 Å². The highest BCUT2D eigenvalue weighted by Crippen LogP contribution is 2.16. The first-order valence-electron chi connectivity index (χ1n) is 7.13. The molecule has 1 saturated heterocycles. The number of carbonyl (C=O) groups is 1. The summed E-state index contributed by atoms with van der Waals surface area (Å²) in [7, 11) is 0. The standard InChI is InChI=1S/C16H24N2O/c1-13-11-17(15(3)19)12-14(2)18(13)10-9-16-7-5-4-6-8-16/h4-8,13-14H,9-12H2,1-3H3. The third-order valence-corrected chi connectivity index (χ3v) is 4.05. The normalized spacial score (nSPS) is 24.5. The summed E-state index contributed by atoms with van der Waals surface area (Å²) in [5.41, 5.74) is 1.39. The molecule has 0 aromatic heterocycles. The average molecular weight is 260 g/mol. The summed E-state index contributed by atoms with van der Waals surface area (Å²) in [5.74, 6) is 0.196. The van der Waals surface area contributed by atoms with Crippen LogP contribution in [0.15, 0.2) is 30.3 Å². The minimum atomic E-state index is 0.196. The molecule has 2 unspecified atom stereocenters. The van der Waals surface area contributed by atoms with Gasteiger partial charge in [-0.05, 0) is 25.8 Å². The Balaban J connectivity index is 1.92. The Morgan fingerprint density at radius 3 is 2.26 bits per heavy atom. The third kappa shape index (κ3) is 3.57. The predicted octanol–water partition coefficient (Wildman–Crippen LogP) is 2.17. The number of amides is 1. The Labute approximate surface area is 116 Å². The predicted molar refractivity (Wildman–Crippen MR) is 78.0 cm³/mol. The second-order valence-corrected chi connectivity index (χ2v) is 5.60. The van der Waals surface area contributed by atoms with Gasteiger partial charge in [0.25, 0.3) is 0 Å². The van der Waals surface area contributed by atoms with Crippen molar-refractivity contribution in [3.05, 3.63) is 35.9 Å². The van der Waals surface area contributed by atoms with Gasteiger partial charge in [-0.2, -0.15) is 0 Å². The van der Waals surface area contributed by atoms with Crippen LogP contribution in [0.4, 0.5) is 0 Å². The Morgan fingerprint density at radius 2 is 1.74 bits per heavy atom. The van der Waals surface area contributed by atoms with Gasteiger partial charge < -0.3 is 4.90 Å². The molecule has 1 aliphatic rings. The summed E-state index contributed by atoms with van der Waals surface area (Å²) < 4.78 is 0. The molecule has 1 aromatic rings. The van der Waals surface area contributed by atoms with Crippen LogP contribution in [-0.4, -0.2) is 47.4 Å². The van der Waals surface area contributed by atoms with Crippen molar-refractivity contribution < 1.29 is 4.79 Å². The largest absolute Gasteiger partial charge is 0.340 e. The summed E-state index contributed by atoms with van der Waals surface area (Å²) in [5, 5.41) is 0. The lowest BCUT2D eigenvalue weighted by Crippen LogP contribution is -2.58. The lowest BCUT2D eigenvalue weighted by molar-refractivity contribution is -0.133. The highest BCUT2D eigenvalue weighted by Gasteiger charge is 2.29. The zero-order valence-corrected chi connectivity index (χ0v) is 12.2. The fourth-order valence-corrected chi connectivity index (χ4v) is 2.96. The van der Waals surface area contributed by atoms with E-state index in [0.717, 1.165) is 26.1 Å². The number of carbonyl (C=O) groups excluding carboxylic acids is 1. The molecule has 2 atom stereocenters. The number of benzene rings is 1. The van der Waals surface area contributed by atoms with E-state index in [1.54, 1.807) is 6.92 Å². The molecule has 0 bridgehead atoms. The van der Waals surface area contributed by atoms with Gasteiger partial charge in [0.05, 0.1) is 0 Å². The van der Waals surface area contributed by atoms with Crippen LogP contribution in [0.3, 0.4) is 0 Å². The van der Waals surface area contributed by atoms with E-state index in [4.69, 9.17) is 0 Å². The first kappa shape index (κ1) is 14.1. The lowest BCUT2D eigenvalue weighted by atomic mass is 10.1. The molecule has 1 aliphatic heterocycles. The first-order valence-corrected chi connectivity index (χ1v) is 7.13. The lowest BCUT2D eigenvalue weighted by Gasteiger charge is -2.44. The fourth-order valence-electron chi connectivity index (χ4n) is 2.96. The zero-order valence-electron chi connectivity index (χ0n) is 12.2. The highest BCUT2D eigenvalue weighted by molar-refractivity contribution is 5.73. The summed E-state index contributed by atoms with van der Waals surface area (Å²) in [6, 6.07) is 11.5.